The van der Waals surface area contributed by atoms with E-state index in [1.54, 1.807) is 5.01 Å². The Labute approximate surface area is 64.7 Å². The molecule has 0 fully saturated rings. The van der Waals surface area contributed by atoms with Crippen molar-refractivity contribution in [2.24, 2.45) is 11.6 Å². The molecule has 1 aliphatic heterocycles. The fourth-order valence-corrected chi connectivity index (χ4v) is 1.23. The first-order chi connectivity index (χ1) is 5.27. The van der Waals surface area contributed by atoms with Gasteiger partial charge in [0.15, 0.2) is 0 Å². The van der Waals surface area contributed by atoms with Gasteiger partial charge in [-0.15, -0.1) is 0 Å². The number of nitrogens with zero attached hydrogens (tertiary/aromatic N) is 2. The van der Waals surface area contributed by atoms with Gasteiger partial charge in [0.2, 0.25) is 0 Å². The summed E-state index contributed by atoms with van der Waals surface area (Å²) in [5.74, 6) is 6.64. The topological polar surface area (TPSA) is 60.2 Å². The highest BCUT2D eigenvalue weighted by Crippen LogP contribution is 2.17. The highest BCUT2D eigenvalue weighted by atomic mass is 15.5. The Bertz CT molecular complexity index is 299. The van der Waals surface area contributed by atoms with E-state index in [9.17, 15) is 0 Å². The van der Waals surface area contributed by atoms with Gasteiger partial charge in [-0.05, 0) is 12.1 Å². The average molecular weight is 150 g/mol. The summed E-state index contributed by atoms with van der Waals surface area (Å²) < 4.78 is 1.90. The molecule has 0 radical (unpaired) electrons. The Morgan fingerprint density at radius 3 is 3.09 bits per heavy atom. The van der Waals surface area contributed by atoms with Crippen LogP contribution in [-0.4, -0.2) is 11.1 Å². The predicted octanol–water partition coefficient (Wildman–Crippen LogP) is -0.0611. The van der Waals surface area contributed by atoms with Gasteiger partial charge < -0.3 is 10.3 Å². The summed E-state index contributed by atoms with van der Waals surface area (Å²) in [4.78, 5) is 0. The lowest BCUT2D eigenvalue weighted by atomic mass is 10.4. The predicted molar refractivity (Wildman–Crippen MR) is 44.4 cm³/mol. The van der Waals surface area contributed by atoms with Crippen LogP contribution in [0.1, 0.15) is 0 Å². The van der Waals surface area contributed by atoms with Crippen molar-refractivity contribution in [1.82, 2.24) is 4.57 Å². The number of aromatic nitrogens is 1. The van der Waals surface area contributed by atoms with Crippen LogP contribution in [0.15, 0.2) is 24.0 Å². The van der Waals surface area contributed by atoms with Crippen LogP contribution >= 0.6 is 0 Å². The van der Waals surface area contributed by atoms with E-state index in [2.05, 4.69) is 0 Å². The molecule has 0 aliphatic carbocycles. The van der Waals surface area contributed by atoms with Gasteiger partial charge in [-0.3, -0.25) is 5.01 Å². The average Bonchev–Trinajstić information content (AvgIpc) is 2.34. The van der Waals surface area contributed by atoms with Crippen LogP contribution in [0.3, 0.4) is 0 Å². The van der Waals surface area contributed by atoms with E-state index in [-0.39, 0.29) is 0 Å². The smallest absolute Gasteiger partial charge is 0.127 e. The lowest BCUT2D eigenvalue weighted by Gasteiger charge is -2.23. The molecule has 0 bridgehead atoms. The maximum atomic E-state index is 5.67. The lowest BCUT2D eigenvalue weighted by Crippen LogP contribution is -2.38. The van der Waals surface area contributed by atoms with Gasteiger partial charge in [-0.25, -0.2) is 5.84 Å². The molecule has 11 heavy (non-hydrogen) atoms. The fraction of sp³-hybridized carbons (Fsp3) is 0.143. The van der Waals surface area contributed by atoms with E-state index >= 15 is 0 Å². The zero-order valence-corrected chi connectivity index (χ0v) is 6.07. The number of hydrogen-bond donors (Lipinski definition) is 2. The number of fused-ring (bicyclic) bond motifs is 1. The number of nitrogens with two attached hydrogens (primary N) is 2. The van der Waals surface area contributed by atoms with Gasteiger partial charge in [-0.1, -0.05) is 0 Å². The van der Waals surface area contributed by atoms with Crippen LogP contribution in [-0.2, 0) is 0 Å². The van der Waals surface area contributed by atoms with Crippen LogP contribution in [0.4, 0.5) is 5.82 Å². The highest BCUT2D eigenvalue weighted by Gasteiger charge is 2.11. The first-order valence-corrected chi connectivity index (χ1v) is 3.42. The van der Waals surface area contributed by atoms with Crippen molar-refractivity contribution >= 4 is 12.0 Å². The summed E-state index contributed by atoms with van der Waals surface area (Å²) in [6.45, 7) is 0.601. The molecule has 4 heteroatoms. The number of hydrogen-bond acceptors (Lipinski definition) is 3. The summed E-state index contributed by atoms with van der Waals surface area (Å²) in [7, 11) is 0. The third-order valence-electron chi connectivity index (χ3n) is 1.71. The van der Waals surface area contributed by atoms with Crippen molar-refractivity contribution < 1.29 is 0 Å². The van der Waals surface area contributed by atoms with E-state index < -0.39 is 0 Å². The van der Waals surface area contributed by atoms with Gasteiger partial charge >= 0.3 is 0 Å². The van der Waals surface area contributed by atoms with Crippen LogP contribution < -0.4 is 16.6 Å². The molecule has 2 rings (SSSR count). The van der Waals surface area contributed by atoms with Crippen molar-refractivity contribution in [3.8, 4) is 0 Å². The summed E-state index contributed by atoms with van der Waals surface area (Å²) in [6, 6.07) is 3.88. The van der Waals surface area contributed by atoms with Crippen molar-refractivity contribution in [2.75, 3.05) is 11.6 Å². The van der Waals surface area contributed by atoms with E-state index in [1.807, 2.05) is 29.1 Å². The standard InChI is InChI=1S/C7H10N4/c8-6-4-10-3-1-2-7(10)11(9)5-6/h1-4H,5,8-9H2. The summed E-state index contributed by atoms with van der Waals surface area (Å²) in [5.41, 5.74) is 6.39. The second kappa shape index (κ2) is 2.03. The molecule has 0 unspecified atom stereocenters. The first kappa shape index (κ1) is 6.30. The normalized spacial score (nSPS) is 16.1. The van der Waals surface area contributed by atoms with Crippen molar-refractivity contribution in [1.29, 1.82) is 0 Å². The molecule has 0 aromatic carbocycles. The van der Waals surface area contributed by atoms with Gasteiger partial charge in [0.1, 0.15) is 5.82 Å². The fourth-order valence-electron chi connectivity index (χ4n) is 1.23. The van der Waals surface area contributed by atoms with E-state index in [4.69, 9.17) is 11.6 Å². The molecule has 58 valence electrons. The molecular formula is C7H10N4. The van der Waals surface area contributed by atoms with Gasteiger partial charge in [0, 0.05) is 18.1 Å². The largest absolute Gasteiger partial charge is 0.399 e. The van der Waals surface area contributed by atoms with Gasteiger partial charge in [0.25, 0.3) is 0 Å². The van der Waals surface area contributed by atoms with E-state index in [0.29, 0.717) is 6.54 Å². The van der Waals surface area contributed by atoms with Gasteiger partial charge in [0.05, 0.1) is 6.54 Å². The molecular weight excluding hydrogens is 140 g/mol. The molecule has 2 heterocycles. The summed E-state index contributed by atoms with van der Waals surface area (Å²) in [6.07, 6.45) is 3.79. The maximum absolute atomic E-state index is 5.67. The second-order valence-electron chi connectivity index (χ2n) is 2.61. The molecule has 1 aromatic rings. The SMILES string of the molecule is NC1=Cn2cccc2N(N)C1. The molecule has 1 aliphatic rings. The number of anilines is 1. The molecule has 4 N–H and O–H groups in total. The lowest BCUT2D eigenvalue weighted by molar-refractivity contribution is 0.833. The van der Waals surface area contributed by atoms with Crippen LogP contribution in [0.5, 0.6) is 0 Å². The Hall–Kier alpha value is -1.42. The molecule has 0 saturated carbocycles. The molecule has 0 spiro atoms. The third kappa shape index (κ3) is 0.877. The minimum absolute atomic E-state index is 0.601. The van der Waals surface area contributed by atoms with Crippen molar-refractivity contribution in [3.63, 3.8) is 0 Å². The van der Waals surface area contributed by atoms with Gasteiger partial charge in [-0.2, -0.15) is 0 Å². The Morgan fingerprint density at radius 1 is 1.45 bits per heavy atom. The minimum Gasteiger partial charge on any atom is -0.399 e. The zero-order valence-electron chi connectivity index (χ0n) is 6.07. The number of hydrazine groups is 1. The monoisotopic (exact) mass is 150 g/mol. The first-order valence-electron chi connectivity index (χ1n) is 3.42. The van der Waals surface area contributed by atoms with Crippen LogP contribution in [0.2, 0.25) is 0 Å². The molecule has 0 amide bonds. The molecule has 0 saturated heterocycles. The van der Waals surface area contributed by atoms with E-state index in [1.165, 1.54) is 0 Å². The minimum atomic E-state index is 0.601. The van der Waals surface area contributed by atoms with Crippen LogP contribution in [0, 0.1) is 0 Å². The Kier molecular flexibility index (Phi) is 1.16. The quantitative estimate of drug-likeness (QED) is 0.509. The number of rotatable bonds is 0. The second-order valence-corrected chi connectivity index (χ2v) is 2.61. The summed E-state index contributed by atoms with van der Waals surface area (Å²) in [5, 5.41) is 1.62. The van der Waals surface area contributed by atoms with E-state index in [0.717, 1.165) is 11.5 Å². The molecule has 0 atom stereocenters. The highest BCUT2D eigenvalue weighted by molar-refractivity contribution is 5.53. The Balaban J connectivity index is 2.51. The third-order valence-corrected chi connectivity index (χ3v) is 1.71. The zero-order chi connectivity index (χ0) is 7.84. The maximum Gasteiger partial charge on any atom is 0.127 e. The van der Waals surface area contributed by atoms with Crippen LogP contribution in [0.25, 0.3) is 6.20 Å². The Morgan fingerprint density at radius 2 is 2.27 bits per heavy atom. The van der Waals surface area contributed by atoms with Crippen molar-refractivity contribution in [2.45, 2.75) is 0 Å². The summed E-state index contributed by atoms with van der Waals surface area (Å²) >= 11 is 0. The van der Waals surface area contributed by atoms with Crippen molar-refractivity contribution in [3.05, 3.63) is 24.0 Å². The molecule has 4 nitrogen and oxygen atoms in total. The molecule has 1 aromatic heterocycles.